The Morgan fingerprint density at radius 1 is 0.396 bits per heavy atom. The predicted molar refractivity (Wildman–Crippen MR) is 91.2 cm³/mol. The molecule has 0 heterocycles. The van der Waals surface area contributed by atoms with Crippen molar-refractivity contribution < 1.29 is 132 Å². The number of alkyl halides is 28. The lowest BCUT2D eigenvalue weighted by molar-refractivity contribution is -0.482. The Morgan fingerprint density at radius 2 is 0.625 bits per heavy atom. The standard InChI is InChI=1S/C18H6F28O2/c1-4(7(21,22)23)5(47)48-3-2-6(19,20)8(24,25)9(26,27)10(28,29)11(30,31)12(32,33)13(34,35)14(36,37)15(38,39)16(40,41)17(42,43)18(44,45)46/h1-3H2. The Labute approximate surface area is 242 Å². The summed E-state index contributed by atoms with van der Waals surface area (Å²) in [6.45, 7) is -0.863. The molecule has 2 nitrogen and oxygen atoms in total. The quantitative estimate of drug-likeness (QED) is 0.0997. The molecule has 0 atom stereocenters. The maximum absolute atomic E-state index is 13.8. The molecule has 0 saturated carbocycles. The van der Waals surface area contributed by atoms with Crippen molar-refractivity contribution in [1.29, 1.82) is 0 Å². The minimum absolute atomic E-state index is 1.90. The number of rotatable bonds is 14. The predicted octanol–water partition coefficient (Wildman–Crippen LogP) is 9.59. The molecule has 0 aromatic heterocycles. The van der Waals surface area contributed by atoms with Crippen molar-refractivity contribution in [3.63, 3.8) is 0 Å². The number of hydrogen-bond donors (Lipinski definition) is 0. The molecule has 0 bridgehead atoms. The first-order valence-electron chi connectivity index (χ1n) is 10.4. The molecule has 0 saturated heterocycles. The van der Waals surface area contributed by atoms with E-state index in [1.165, 1.54) is 0 Å². The summed E-state index contributed by atoms with van der Waals surface area (Å²) < 4.78 is 374. The van der Waals surface area contributed by atoms with Gasteiger partial charge in [-0.3, -0.25) is 0 Å². The third kappa shape index (κ3) is 6.02. The van der Waals surface area contributed by atoms with E-state index in [1.807, 2.05) is 6.58 Å². The highest BCUT2D eigenvalue weighted by atomic mass is 19.4. The first-order valence-corrected chi connectivity index (χ1v) is 10.4. The first kappa shape index (κ1) is 45.2. The van der Waals surface area contributed by atoms with Gasteiger partial charge in [0.05, 0.1) is 13.0 Å². The van der Waals surface area contributed by atoms with E-state index in [0.29, 0.717) is 0 Å². The highest BCUT2D eigenvalue weighted by Crippen LogP contribution is 2.67. The Balaban J connectivity index is 6.99. The molecule has 0 spiro atoms. The van der Waals surface area contributed by atoms with Gasteiger partial charge in [0.25, 0.3) is 0 Å². The molecule has 286 valence electrons. The third-order valence-corrected chi connectivity index (χ3v) is 5.60. The van der Waals surface area contributed by atoms with Crippen molar-refractivity contribution >= 4 is 5.97 Å². The number of carbonyl (C=O) groups excluding carboxylic acids is 1. The van der Waals surface area contributed by atoms with Gasteiger partial charge in [-0.1, -0.05) is 6.58 Å². The minimum atomic E-state index is -9.73. The summed E-state index contributed by atoms with van der Waals surface area (Å²) in [6, 6.07) is 0. The SMILES string of the molecule is C=C(C(=O)OCCC(F)(F)C(F)(F)C(F)(F)C(F)(F)C(F)(F)C(F)(F)C(F)(F)C(F)(F)C(F)(F)C(F)(F)C(F)(F)C(F)(F)F)C(F)(F)F. The molecule has 0 aliphatic heterocycles. The van der Waals surface area contributed by atoms with E-state index in [1.54, 1.807) is 0 Å². The Morgan fingerprint density at radius 3 is 0.854 bits per heavy atom. The van der Waals surface area contributed by atoms with Gasteiger partial charge in [-0.15, -0.1) is 0 Å². The van der Waals surface area contributed by atoms with Gasteiger partial charge >= 0.3 is 83.5 Å². The number of ether oxygens (including phenoxy) is 1. The molecule has 0 N–H and O–H groups in total. The summed E-state index contributed by atoms with van der Waals surface area (Å²) in [5.41, 5.74) is -2.68. The molecule has 30 heteroatoms. The second kappa shape index (κ2) is 11.7. The summed E-state index contributed by atoms with van der Waals surface area (Å²) in [5.74, 6) is -103. The molecular weight excluding hydrogens is 780 g/mol. The summed E-state index contributed by atoms with van der Waals surface area (Å²) in [6.07, 6.45) is -17.6. The molecule has 0 aliphatic rings. The monoisotopic (exact) mass is 786 g/mol. The Hall–Kier alpha value is -2.75. The van der Waals surface area contributed by atoms with Crippen LogP contribution in [0.3, 0.4) is 0 Å². The number of carbonyl (C=O) groups is 1. The van der Waals surface area contributed by atoms with Crippen LogP contribution in [0.2, 0.25) is 0 Å². The average molecular weight is 786 g/mol. The number of esters is 1. The molecule has 0 rings (SSSR count). The van der Waals surface area contributed by atoms with Crippen molar-refractivity contribution in [3.8, 4) is 0 Å². The third-order valence-electron chi connectivity index (χ3n) is 5.60. The van der Waals surface area contributed by atoms with Gasteiger partial charge in [-0.25, -0.2) is 4.79 Å². The van der Waals surface area contributed by atoms with Gasteiger partial charge in [-0.2, -0.15) is 123 Å². The van der Waals surface area contributed by atoms with Crippen molar-refractivity contribution in [2.45, 2.75) is 83.9 Å². The van der Waals surface area contributed by atoms with Gasteiger partial charge in [-0.05, 0) is 0 Å². The highest BCUT2D eigenvalue weighted by molar-refractivity contribution is 5.89. The summed E-state index contributed by atoms with van der Waals surface area (Å²) in [5, 5.41) is 0. The Kier molecular flexibility index (Phi) is 11.0. The van der Waals surface area contributed by atoms with E-state index in [4.69, 9.17) is 0 Å². The largest absolute Gasteiger partial charge is 0.462 e. The van der Waals surface area contributed by atoms with Crippen LogP contribution in [0, 0.1) is 0 Å². The van der Waals surface area contributed by atoms with Crippen LogP contribution in [0.4, 0.5) is 123 Å². The number of halogens is 28. The molecule has 0 radical (unpaired) electrons. The first-order chi connectivity index (χ1) is 20.3. The van der Waals surface area contributed by atoms with Gasteiger partial charge in [0.2, 0.25) is 0 Å². The topological polar surface area (TPSA) is 26.3 Å². The van der Waals surface area contributed by atoms with Crippen molar-refractivity contribution in [2.24, 2.45) is 0 Å². The van der Waals surface area contributed by atoms with Crippen LogP contribution in [-0.2, 0) is 9.53 Å². The van der Waals surface area contributed by atoms with Crippen LogP contribution < -0.4 is 0 Å². The molecular formula is C18H6F28O2. The van der Waals surface area contributed by atoms with Crippen LogP contribution in [0.25, 0.3) is 0 Å². The van der Waals surface area contributed by atoms with E-state index in [9.17, 15) is 128 Å². The van der Waals surface area contributed by atoms with Crippen LogP contribution in [-0.4, -0.2) is 90.1 Å². The highest BCUT2D eigenvalue weighted by Gasteiger charge is 2.99. The molecule has 48 heavy (non-hydrogen) atoms. The minimum Gasteiger partial charge on any atom is -0.462 e. The lowest BCUT2D eigenvalue weighted by Gasteiger charge is -2.45. The smallest absolute Gasteiger partial charge is 0.460 e. The van der Waals surface area contributed by atoms with E-state index in [-0.39, 0.29) is 0 Å². The van der Waals surface area contributed by atoms with Crippen LogP contribution >= 0.6 is 0 Å². The normalized spacial score (nSPS) is 16.2. The second-order valence-electron chi connectivity index (χ2n) is 8.81. The van der Waals surface area contributed by atoms with Crippen molar-refractivity contribution in [2.75, 3.05) is 6.61 Å². The van der Waals surface area contributed by atoms with Crippen molar-refractivity contribution in [3.05, 3.63) is 12.2 Å². The fraction of sp³-hybridized carbons (Fsp3) is 0.833. The Bertz CT molecular complexity index is 1200. The van der Waals surface area contributed by atoms with Crippen LogP contribution in [0.1, 0.15) is 6.42 Å². The molecule has 0 aromatic carbocycles. The molecule has 0 aliphatic carbocycles. The molecule has 0 fully saturated rings. The molecule has 0 aromatic rings. The maximum Gasteiger partial charge on any atom is 0.460 e. The van der Waals surface area contributed by atoms with Gasteiger partial charge < -0.3 is 4.74 Å². The van der Waals surface area contributed by atoms with Crippen molar-refractivity contribution in [1.82, 2.24) is 0 Å². The summed E-state index contributed by atoms with van der Waals surface area (Å²) in [7, 11) is 0. The lowest BCUT2D eigenvalue weighted by atomic mass is 9.84. The van der Waals surface area contributed by atoms with Crippen LogP contribution in [0.5, 0.6) is 0 Å². The van der Waals surface area contributed by atoms with Gasteiger partial charge in [0.15, 0.2) is 0 Å². The van der Waals surface area contributed by atoms with Crippen LogP contribution in [0.15, 0.2) is 12.2 Å². The molecule has 0 amide bonds. The average Bonchev–Trinajstić information content (AvgIpc) is 2.85. The zero-order chi connectivity index (χ0) is 39.8. The zero-order valence-electron chi connectivity index (χ0n) is 21.0. The summed E-state index contributed by atoms with van der Waals surface area (Å²) in [4.78, 5) is 10.9. The molecule has 0 unspecified atom stereocenters. The fourth-order valence-corrected chi connectivity index (χ4v) is 2.62. The van der Waals surface area contributed by atoms with E-state index >= 15 is 0 Å². The van der Waals surface area contributed by atoms with Gasteiger partial charge in [0.1, 0.15) is 5.57 Å². The van der Waals surface area contributed by atoms with Gasteiger partial charge in [0, 0.05) is 0 Å². The fourth-order valence-electron chi connectivity index (χ4n) is 2.62. The van der Waals surface area contributed by atoms with E-state index in [0.717, 1.165) is 0 Å². The lowest BCUT2D eigenvalue weighted by Crippen LogP contribution is -2.78. The van der Waals surface area contributed by atoms with E-state index < -0.39 is 102 Å². The number of hydrogen-bond acceptors (Lipinski definition) is 2. The summed E-state index contributed by atoms with van der Waals surface area (Å²) >= 11 is 0. The zero-order valence-corrected chi connectivity index (χ0v) is 21.0. The van der Waals surface area contributed by atoms with E-state index in [2.05, 4.69) is 4.74 Å². The maximum atomic E-state index is 13.8. The second-order valence-corrected chi connectivity index (χ2v) is 8.81.